The number of nitrogens with zero attached hydrogens (tertiary/aromatic N) is 2. The van der Waals surface area contributed by atoms with Crippen molar-refractivity contribution in [3.63, 3.8) is 0 Å². The van der Waals surface area contributed by atoms with Crippen molar-refractivity contribution in [1.82, 2.24) is 10.2 Å². The van der Waals surface area contributed by atoms with Crippen LogP contribution in [0, 0.1) is 0 Å². The molecule has 0 saturated carbocycles. The second-order valence-corrected chi connectivity index (χ2v) is 9.94. The Morgan fingerprint density at radius 3 is 2.26 bits per heavy atom. The lowest BCUT2D eigenvalue weighted by Gasteiger charge is -2.30. The Labute approximate surface area is 204 Å². The number of carbonyl (C=O) groups excluding carboxylic acids is 2. The van der Waals surface area contributed by atoms with Gasteiger partial charge in [0.05, 0.1) is 17.5 Å². The fourth-order valence-electron chi connectivity index (χ4n) is 3.71. The van der Waals surface area contributed by atoms with Gasteiger partial charge in [0.2, 0.25) is 21.8 Å². The molecule has 2 aromatic rings. The molecule has 0 unspecified atom stereocenters. The third-order valence-corrected chi connectivity index (χ3v) is 6.64. The monoisotopic (exact) mass is 513 g/mol. The number of hydrogen-bond donors (Lipinski definition) is 1. The third kappa shape index (κ3) is 7.98. The van der Waals surface area contributed by atoms with E-state index in [1.54, 1.807) is 6.92 Å². The highest BCUT2D eigenvalue weighted by atomic mass is 32.2. The Balaban J connectivity index is 2.21. The van der Waals surface area contributed by atoms with Crippen LogP contribution in [-0.2, 0) is 32.3 Å². The van der Waals surface area contributed by atoms with Crippen LogP contribution in [0.15, 0.2) is 54.6 Å². The number of benzene rings is 2. The molecule has 0 aliphatic rings. The number of hydrogen-bond acceptors (Lipinski definition) is 4. The van der Waals surface area contributed by atoms with Crippen molar-refractivity contribution in [3.05, 3.63) is 65.7 Å². The number of rotatable bonds is 11. The average molecular weight is 514 g/mol. The Bertz CT molecular complexity index is 1110. The van der Waals surface area contributed by atoms with Crippen LogP contribution in [0.25, 0.3) is 0 Å². The van der Waals surface area contributed by atoms with Gasteiger partial charge in [-0.1, -0.05) is 43.3 Å². The van der Waals surface area contributed by atoms with Crippen LogP contribution in [-0.4, -0.2) is 51.0 Å². The molecule has 0 aliphatic carbocycles. The van der Waals surface area contributed by atoms with Crippen LogP contribution >= 0.6 is 0 Å². The van der Waals surface area contributed by atoms with Crippen molar-refractivity contribution >= 4 is 27.5 Å². The van der Waals surface area contributed by atoms with E-state index in [1.165, 1.54) is 18.0 Å². The van der Waals surface area contributed by atoms with Crippen molar-refractivity contribution < 1.29 is 31.2 Å². The minimum atomic E-state index is -4.62. The molecule has 11 heteroatoms. The fourth-order valence-corrected chi connectivity index (χ4v) is 4.66. The molecule has 192 valence electrons. The number of sulfonamides is 1. The van der Waals surface area contributed by atoms with Gasteiger partial charge in [-0.05, 0) is 36.6 Å². The average Bonchev–Trinajstić information content (AvgIpc) is 2.80. The van der Waals surface area contributed by atoms with Gasteiger partial charge in [0.15, 0.2) is 0 Å². The first-order valence-electron chi connectivity index (χ1n) is 11.1. The molecule has 0 heterocycles. The Morgan fingerprint density at radius 1 is 1.06 bits per heavy atom. The van der Waals surface area contributed by atoms with Crippen molar-refractivity contribution in [2.75, 3.05) is 24.2 Å². The molecule has 0 aliphatic heterocycles. The fraction of sp³-hybridized carbons (Fsp3) is 0.417. The molecule has 0 radical (unpaired) electrons. The van der Waals surface area contributed by atoms with Crippen molar-refractivity contribution in [2.45, 2.75) is 44.9 Å². The van der Waals surface area contributed by atoms with Gasteiger partial charge in [-0.25, -0.2) is 8.42 Å². The SMILES string of the molecule is CC[C@@H](C(=O)NC)N(Cc1ccccc1)C(=O)CCCN(c1cccc(C(F)(F)F)c1)S(C)(=O)=O. The van der Waals surface area contributed by atoms with Crippen LogP contribution in [0.3, 0.4) is 0 Å². The number of halogens is 3. The van der Waals surface area contributed by atoms with Gasteiger partial charge in [-0.2, -0.15) is 13.2 Å². The lowest BCUT2D eigenvalue weighted by Crippen LogP contribution is -2.48. The van der Waals surface area contributed by atoms with E-state index in [4.69, 9.17) is 0 Å². The number of carbonyl (C=O) groups is 2. The summed E-state index contributed by atoms with van der Waals surface area (Å²) in [6.07, 6.45) is -3.39. The van der Waals surface area contributed by atoms with Crippen LogP contribution in [0.4, 0.5) is 18.9 Å². The van der Waals surface area contributed by atoms with Gasteiger partial charge >= 0.3 is 6.18 Å². The minimum Gasteiger partial charge on any atom is -0.357 e. The van der Waals surface area contributed by atoms with Crippen LogP contribution in [0.1, 0.15) is 37.3 Å². The molecule has 1 atom stereocenters. The lowest BCUT2D eigenvalue weighted by molar-refractivity contribution is -0.141. The molecule has 0 spiro atoms. The van der Waals surface area contributed by atoms with E-state index in [9.17, 15) is 31.2 Å². The summed E-state index contributed by atoms with van der Waals surface area (Å²) in [5.74, 6) is -0.680. The molecule has 2 amide bonds. The standard InChI is InChI=1S/C24H30F3N3O4S/c1-4-21(23(32)28-2)29(17-18-10-6-5-7-11-18)22(31)14-9-15-30(35(3,33)34)20-13-8-12-19(16-20)24(25,26)27/h5-8,10-13,16,21H,4,9,14-15,17H2,1-3H3,(H,28,32)/t21-/m0/s1. The number of likely N-dealkylation sites (N-methyl/N-ethyl adjacent to an activating group) is 1. The molecule has 1 N–H and O–H groups in total. The van der Waals surface area contributed by atoms with Crippen LogP contribution < -0.4 is 9.62 Å². The Morgan fingerprint density at radius 2 is 1.71 bits per heavy atom. The largest absolute Gasteiger partial charge is 0.416 e. The van der Waals surface area contributed by atoms with Crippen LogP contribution in [0.5, 0.6) is 0 Å². The lowest BCUT2D eigenvalue weighted by atomic mass is 10.1. The highest BCUT2D eigenvalue weighted by molar-refractivity contribution is 7.92. The van der Waals surface area contributed by atoms with E-state index in [-0.39, 0.29) is 43.4 Å². The van der Waals surface area contributed by atoms with Gasteiger partial charge in [-0.3, -0.25) is 13.9 Å². The molecular weight excluding hydrogens is 483 g/mol. The predicted molar refractivity (Wildman–Crippen MR) is 128 cm³/mol. The van der Waals surface area contributed by atoms with Crippen LogP contribution in [0.2, 0.25) is 0 Å². The smallest absolute Gasteiger partial charge is 0.357 e. The van der Waals surface area contributed by atoms with Crippen molar-refractivity contribution in [3.8, 4) is 0 Å². The quantitative estimate of drug-likeness (QED) is 0.495. The number of nitrogens with one attached hydrogen (secondary N) is 1. The first-order chi connectivity index (χ1) is 16.4. The first kappa shape index (κ1) is 28.2. The summed E-state index contributed by atoms with van der Waals surface area (Å²) in [5.41, 5.74) is -0.275. The van der Waals surface area contributed by atoms with Gasteiger partial charge in [0, 0.05) is 26.6 Å². The molecule has 2 rings (SSSR count). The van der Waals surface area contributed by atoms with E-state index in [2.05, 4.69) is 5.32 Å². The third-order valence-electron chi connectivity index (χ3n) is 5.44. The Hall–Kier alpha value is -3.08. The maximum Gasteiger partial charge on any atom is 0.416 e. The topological polar surface area (TPSA) is 86.8 Å². The predicted octanol–water partition coefficient (Wildman–Crippen LogP) is 3.81. The highest BCUT2D eigenvalue weighted by Crippen LogP contribution is 2.32. The van der Waals surface area contributed by atoms with Crippen molar-refractivity contribution in [2.24, 2.45) is 0 Å². The summed E-state index contributed by atoms with van der Waals surface area (Å²) in [7, 11) is -2.43. The van der Waals surface area contributed by atoms with E-state index in [1.807, 2.05) is 30.3 Å². The molecule has 35 heavy (non-hydrogen) atoms. The summed E-state index contributed by atoms with van der Waals surface area (Å²) >= 11 is 0. The molecule has 0 saturated heterocycles. The maximum absolute atomic E-state index is 13.2. The number of anilines is 1. The van der Waals surface area contributed by atoms with Gasteiger partial charge in [-0.15, -0.1) is 0 Å². The zero-order chi connectivity index (χ0) is 26.2. The molecule has 0 fully saturated rings. The van der Waals surface area contributed by atoms with Gasteiger partial charge < -0.3 is 10.2 Å². The maximum atomic E-state index is 13.2. The van der Waals surface area contributed by atoms with E-state index >= 15 is 0 Å². The van der Waals surface area contributed by atoms with E-state index < -0.39 is 27.8 Å². The second-order valence-electron chi connectivity index (χ2n) is 8.03. The number of amides is 2. The normalized spacial score (nSPS) is 12.6. The molecule has 0 bridgehead atoms. The van der Waals surface area contributed by atoms with E-state index in [0.29, 0.717) is 6.42 Å². The molecule has 2 aromatic carbocycles. The minimum absolute atomic E-state index is 0.0532. The van der Waals surface area contributed by atoms with Gasteiger partial charge in [0.25, 0.3) is 0 Å². The van der Waals surface area contributed by atoms with E-state index in [0.717, 1.165) is 34.3 Å². The van der Waals surface area contributed by atoms with Crippen molar-refractivity contribution in [1.29, 1.82) is 0 Å². The zero-order valence-electron chi connectivity index (χ0n) is 19.9. The zero-order valence-corrected chi connectivity index (χ0v) is 20.7. The first-order valence-corrected chi connectivity index (χ1v) is 12.9. The second kappa shape index (κ2) is 12.1. The highest BCUT2D eigenvalue weighted by Gasteiger charge is 2.32. The van der Waals surface area contributed by atoms with Gasteiger partial charge in [0.1, 0.15) is 6.04 Å². The summed E-state index contributed by atoms with van der Waals surface area (Å²) in [6, 6.07) is 12.4. The molecule has 0 aromatic heterocycles. The molecule has 7 nitrogen and oxygen atoms in total. The number of alkyl halides is 3. The Kier molecular flexibility index (Phi) is 9.70. The summed E-state index contributed by atoms with van der Waals surface area (Å²) in [4.78, 5) is 27.0. The summed E-state index contributed by atoms with van der Waals surface area (Å²) in [6.45, 7) is 1.78. The summed E-state index contributed by atoms with van der Waals surface area (Å²) < 4.78 is 64.8. The summed E-state index contributed by atoms with van der Waals surface area (Å²) in [5, 5.41) is 2.56. The molecular formula is C24H30F3N3O4S.